The molecule has 1 amide bonds. The molecule has 1 N–H and O–H groups in total. The SMILES string of the molecule is CC(C)NC(=O)c1ccoc1C(F)F. The molecule has 1 aromatic heterocycles. The number of halogens is 2. The second kappa shape index (κ2) is 4.21. The number of rotatable bonds is 3. The van der Waals surface area contributed by atoms with Gasteiger partial charge in [0.05, 0.1) is 11.8 Å². The van der Waals surface area contributed by atoms with E-state index in [0.717, 1.165) is 6.26 Å². The van der Waals surface area contributed by atoms with E-state index in [4.69, 9.17) is 0 Å². The standard InChI is InChI=1S/C9H11F2NO2/c1-5(2)12-9(13)6-3-4-14-7(6)8(10)11/h3-5,8H,1-2H3,(H,12,13). The topological polar surface area (TPSA) is 42.2 Å². The molecule has 0 saturated heterocycles. The summed E-state index contributed by atoms with van der Waals surface area (Å²) in [4.78, 5) is 11.3. The number of furan rings is 1. The third kappa shape index (κ3) is 2.31. The van der Waals surface area contributed by atoms with E-state index in [0.29, 0.717) is 0 Å². The summed E-state index contributed by atoms with van der Waals surface area (Å²) in [5.74, 6) is -1.12. The predicted octanol–water partition coefficient (Wildman–Crippen LogP) is 2.36. The number of carbonyl (C=O) groups is 1. The van der Waals surface area contributed by atoms with Gasteiger partial charge >= 0.3 is 0 Å². The van der Waals surface area contributed by atoms with Crippen molar-refractivity contribution in [2.45, 2.75) is 26.3 Å². The van der Waals surface area contributed by atoms with Crippen LogP contribution in [0.25, 0.3) is 0 Å². The zero-order chi connectivity index (χ0) is 10.7. The molecule has 0 aliphatic rings. The van der Waals surface area contributed by atoms with E-state index in [9.17, 15) is 13.6 Å². The summed E-state index contributed by atoms with van der Waals surface area (Å²) in [6, 6.07) is 1.14. The van der Waals surface area contributed by atoms with Crippen LogP contribution in [0.3, 0.4) is 0 Å². The molecule has 1 rings (SSSR count). The first-order valence-electron chi connectivity index (χ1n) is 4.18. The highest BCUT2D eigenvalue weighted by atomic mass is 19.3. The molecule has 1 heterocycles. The van der Waals surface area contributed by atoms with E-state index in [-0.39, 0.29) is 11.6 Å². The van der Waals surface area contributed by atoms with Crippen molar-refractivity contribution in [3.05, 3.63) is 23.7 Å². The van der Waals surface area contributed by atoms with Crippen LogP contribution in [-0.2, 0) is 0 Å². The fraction of sp³-hybridized carbons (Fsp3) is 0.444. The molecule has 0 unspecified atom stereocenters. The van der Waals surface area contributed by atoms with Gasteiger partial charge in [-0.2, -0.15) is 0 Å². The molecule has 0 bridgehead atoms. The van der Waals surface area contributed by atoms with Gasteiger partial charge in [0.15, 0.2) is 5.76 Å². The van der Waals surface area contributed by atoms with E-state index in [1.165, 1.54) is 6.07 Å². The summed E-state index contributed by atoms with van der Waals surface area (Å²) in [7, 11) is 0. The third-order valence-corrected chi connectivity index (χ3v) is 1.56. The zero-order valence-electron chi connectivity index (χ0n) is 7.88. The van der Waals surface area contributed by atoms with E-state index in [1.54, 1.807) is 13.8 Å². The maximum atomic E-state index is 12.3. The minimum absolute atomic E-state index is 0.0945. The maximum Gasteiger partial charge on any atom is 0.296 e. The van der Waals surface area contributed by atoms with Crippen LogP contribution in [0.15, 0.2) is 16.7 Å². The van der Waals surface area contributed by atoms with Gasteiger partial charge in [-0.1, -0.05) is 0 Å². The van der Waals surface area contributed by atoms with Crippen LogP contribution in [0.2, 0.25) is 0 Å². The van der Waals surface area contributed by atoms with Crippen LogP contribution < -0.4 is 5.32 Å². The second-order valence-electron chi connectivity index (χ2n) is 3.13. The van der Waals surface area contributed by atoms with Crippen LogP contribution in [0.4, 0.5) is 8.78 Å². The number of carbonyl (C=O) groups excluding carboxylic acids is 1. The van der Waals surface area contributed by atoms with E-state index >= 15 is 0 Å². The molecule has 3 nitrogen and oxygen atoms in total. The quantitative estimate of drug-likeness (QED) is 0.819. The number of amides is 1. The van der Waals surface area contributed by atoms with E-state index < -0.39 is 18.1 Å². The Morgan fingerprint density at radius 2 is 2.14 bits per heavy atom. The first-order chi connectivity index (χ1) is 6.52. The van der Waals surface area contributed by atoms with Gasteiger partial charge in [0, 0.05) is 6.04 Å². The van der Waals surface area contributed by atoms with Crippen LogP contribution in [-0.4, -0.2) is 11.9 Å². The molecule has 0 atom stereocenters. The van der Waals surface area contributed by atoms with E-state index in [1.807, 2.05) is 0 Å². The van der Waals surface area contributed by atoms with Crippen molar-refractivity contribution in [1.82, 2.24) is 5.32 Å². The lowest BCUT2D eigenvalue weighted by Gasteiger charge is -2.07. The highest BCUT2D eigenvalue weighted by molar-refractivity contribution is 5.95. The monoisotopic (exact) mass is 203 g/mol. The molecule has 78 valence electrons. The Balaban J connectivity index is 2.84. The highest BCUT2D eigenvalue weighted by Crippen LogP contribution is 2.23. The number of alkyl halides is 2. The summed E-state index contributed by atoms with van der Waals surface area (Å²) in [5.41, 5.74) is -0.103. The summed E-state index contributed by atoms with van der Waals surface area (Å²) >= 11 is 0. The molecular weight excluding hydrogens is 192 g/mol. The van der Waals surface area contributed by atoms with Crippen molar-refractivity contribution in [2.24, 2.45) is 0 Å². The Labute approximate surface area is 80.1 Å². The molecule has 0 radical (unpaired) electrons. The Kier molecular flexibility index (Phi) is 3.22. The third-order valence-electron chi connectivity index (χ3n) is 1.56. The Bertz CT molecular complexity index is 320. The summed E-state index contributed by atoms with van der Waals surface area (Å²) in [6.45, 7) is 3.50. The summed E-state index contributed by atoms with van der Waals surface area (Å²) in [6.07, 6.45) is -1.69. The largest absolute Gasteiger partial charge is 0.462 e. The number of hydrogen-bond acceptors (Lipinski definition) is 2. The smallest absolute Gasteiger partial charge is 0.296 e. The highest BCUT2D eigenvalue weighted by Gasteiger charge is 2.21. The van der Waals surface area contributed by atoms with Crippen LogP contribution in [0.5, 0.6) is 0 Å². The Morgan fingerprint density at radius 1 is 1.50 bits per heavy atom. The first-order valence-corrected chi connectivity index (χ1v) is 4.18. The molecule has 0 aliphatic heterocycles. The van der Waals surface area contributed by atoms with Gasteiger partial charge in [0.2, 0.25) is 0 Å². The van der Waals surface area contributed by atoms with Gasteiger partial charge in [-0.05, 0) is 19.9 Å². The fourth-order valence-electron chi connectivity index (χ4n) is 1.02. The molecule has 5 heteroatoms. The van der Waals surface area contributed by atoms with Crippen molar-refractivity contribution in [3.63, 3.8) is 0 Å². The average Bonchev–Trinajstić information content (AvgIpc) is 2.49. The molecule has 0 aliphatic carbocycles. The number of hydrogen-bond donors (Lipinski definition) is 1. The lowest BCUT2D eigenvalue weighted by Crippen LogP contribution is -2.30. The van der Waals surface area contributed by atoms with Crippen molar-refractivity contribution in [2.75, 3.05) is 0 Å². The molecule has 0 fully saturated rings. The average molecular weight is 203 g/mol. The van der Waals surface area contributed by atoms with Gasteiger partial charge in [-0.25, -0.2) is 8.78 Å². The van der Waals surface area contributed by atoms with Crippen LogP contribution in [0.1, 0.15) is 36.4 Å². The maximum absolute atomic E-state index is 12.3. The van der Waals surface area contributed by atoms with Crippen LogP contribution in [0, 0.1) is 0 Å². The van der Waals surface area contributed by atoms with Crippen molar-refractivity contribution in [1.29, 1.82) is 0 Å². The van der Waals surface area contributed by atoms with Crippen molar-refractivity contribution < 1.29 is 18.0 Å². The lowest BCUT2D eigenvalue weighted by molar-refractivity contribution is 0.0910. The molecule has 1 aromatic rings. The minimum atomic E-state index is -2.77. The lowest BCUT2D eigenvalue weighted by atomic mass is 10.2. The minimum Gasteiger partial charge on any atom is -0.462 e. The van der Waals surface area contributed by atoms with Gasteiger partial charge in [-0.3, -0.25) is 4.79 Å². The second-order valence-corrected chi connectivity index (χ2v) is 3.13. The van der Waals surface area contributed by atoms with Crippen LogP contribution >= 0.6 is 0 Å². The Hall–Kier alpha value is -1.39. The summed E-state index contributed by atoms with van der Waals surface area (Å²) < 4.78 is 29.1. The van der Waals surface area contributed by atoms with Crippen molar-refractivity contribution >= 4 is 5.91 Å². The fourth-order valence-corrected chi connectivity index (χ4v) is 1.02. The Morgan fingerprint density at radius 3 is 2.64 bits per heavy atom. The molecule has 0 saturated carbocycles. The summed E-state index contributed by atoms with van der Waals surface area (Å²) in [5, 5.41) is 2.51. The van der Waals surface area contributed by atoms with Gasteiger partial charge < -0.3 is 9.73 Å². The molecule has 0 spiro atoms. The van der Waals surface area contributed by atoms with E-state index in [2.05, 4.69) is 9.73 Å². The molecular formula is C9H11F2NO2. The zero-order valence-corrected chi connectivity index (χ0v) is 7.88. The molecule has 0 aromatic carbocycles. The van der Waals surface area contributed by atoms with Gasteiger partial charge in [0.25, 0.3) is 12.3 Å². The molecule has 14 heavy (non-hydrogen) atoms. The van der Waals surface area contributed by atoms with Gasteiger partial charge in [-0.15, -0.1) is 0 Å². The first kappa shape index (κ1) is 10.7. The number of nitrogens with one attached hydrogen (secondary N) is 1. The van der Waals surface area contributed by atoms with Gasteiger partial charge in [0.1, 0.15) is 0 Å². The van der Waals surface area contributed by atoms with Crippen molar-refractivity contribution in [3.8, 4) is 0 Å². The normalized spacial score (nSPS) is 11.0. The predicted molar refractivity (Wildman–Crippen MR) is 46.3 cm³/mol.